The molecule has 2 aliphatic heterocycles. The minimum absolute atomic E-state index is 0.0777. The normalized spacial score (nSPS) is 21.8. The number of aromatic nitrogens is 3. The van der Waals surface area contributed by atoms with E-state index in [1.165, 1.54) is 4.90 Å². The third kappa shape index (κ3) is 4.90. The Labute approximate surface area is 202 Å². The van der Waals surface area contributed by atoms with Crippen molar-refractivity contribution in [3.05, 3.63) is 53.2 Å². The fraction of sp³-hybridized carbons (Fsp3) is 0.435. The van der Waals surface area contributed by atoms with Gasteiger partial charge in [0.1, 0.15) is 22.1 Å². The van der Waals surface area contributed by atoms with Gasteiger partial charge in [0.15, 0.2) is 5.65 Å². The number of nitrogens with one attached hydrogen (secondary N) is 1. The van der Waals surface area contributed by atoms with E-state index in [0.29, 0.717) is 48.6 Å². The third-order valence-electron chi connectivity index (χ3n) is 6.81. The number of amides is 1. The van der Waals surface area contributed by atoms with E-state index in [1.54, 1.807) is 0 Å². The van der Waals surface area contributed by atoms with Crippen LogP contribution in [0.3, 0.4) is 0 Å². The Balaban J connectivity index is 1.31. The maximum absolute atomic E-state index is 14.9. The molecule has 36 heavy (non-hydrogen) atoms. The summed E-state index contributed by atoms with van der Waals surface area (Å²) < 4.78 is 85.2. The number of ether oxygens (including phenoxy) is 1. The molecule has 0 bridgehead atoms. The Morgan fingerprint density at radius 3 is 2.33 bits per heavy atom. The van der Waals surface area contributed by atoms with Crippen molar-refractivity contribution in [2.24, 2.45) is 0 Å². The van der Waals surface area contributed by atoms with E-state index in [2.05, 4.69) is 15.0 Å². The summed E-state index contributed by atoms with van der Waals surface area (Å²) in [7, 11) is -9.81. The molecule has 6 nitrogen and oxygen atoms in total. The predicted molar refractivity (Wildman–Crippen MR) is 122 cm³/mol. The molecule has 1 aromatic carbocycles. The van der Waals surface area contributed by atoms with Gasteiger partial charge in [0.25, 0.3) is 5.91 Å². The highest BCUT2D eigenvalue weighted by molar-refractivity contribution is 8.45. The number of nitrogens with zero attached hydrogens (tertiary/aromatic N) is 3. The first kappa shape index (κ1) is 24.9. The molecule has 3 aromatic rings. The van der Waals surface area contributed by atoms with Crippen LogP contribution in [-0.2, 0) is 4.74 Å². The van der Waals surface area contributed by atoms with Gasteiger partial charge in [-0.15, -0.1) is 0 Å². The van der Waals surface area contributed by atoms with Crippen LogP contribution in [0.1, 0.15) is 59.3 Å². The van der Waals surface area contributed by atoms with Crippen molar-refractivity contribution in [1.82, 2.24) is 19.9 Å². The van der Waals surface area contributed by atoms with Crippen LogP contribution >= 0.6 is 10.2 Å². The van der Waals surface area contributed by atoms with Gasteiger partial charge >= 0.3 is 10.2 Å². The number of carbonyl (C=O) groups excluding carboxylic acids is 1. The number of benzene rings is 1. The number of likely N-dealkylation sites (tertiary alicyclic amines) is 1. The molecule has 1 N–H and O–H groups in total. The summed E-state index contributed by atoms with van der Waals surface area (Å²) >= 11 is 0. The zero-order valence-electron chi connectivity index (χ0n) is 19.0. The molecule has 1 unspecified atom stereocenters. The third-order valence-corrected chi connectivity index (χ3v) is 7.97. The van der Waals surface area contributed by atoms with E-state index < -0.39 is 26.8 Å². The fourth-order valence-electron chi connectivity index (χ4n) is 4.91. The van der Waals surface area contributed by atoms with Crippen LogP contribution in [0.2, 0.25) is 0 Å². The van der Waals surface area contributed by atoms with Gasteiger partial charge in [0.2, 0.25) is 0 Å². The molecule has 2 aliphatic rings. The van der Waals surface area contributed by atoms with Crippen LogP contribution in [0.5, 0.6) is 0 Å². The minimum atomic E-state index is -9.81. The molecule has 1 atom stereocenters. The smallest absolute Gasteiger partial charge is 0.310 e. The zero-order valence-corrected chi connectivity index (χ0v) is 19.8. The summed E-state index contributed by atoms with van der Waals surface area (Å²) in [6.45, 7) is 1.68. The number of imidazole rings is 1. The first-order valence-corrected chi connectivity index (χ1v) is 13.5. The molecule has 4 heterocycles. The lowest BCUT2D eigenvalue weighted by molar-refractivity contribution is 0.0712. The largest absolute Gasteiger partial charge is 0.381 e. The van der Waals surface area contributed by atoms with Gasteiger partial charge in [0, 0.05) is 36.7 Å². The van der Waals surface area contributed by atoms with E-state index in [0.717, 1.165) is 31.2 Å². The van der Waals surface area contributed by atoms with Crippen LogP contribution in [-0.4, -0.2) is 52.1 Å². The molecule has 5 rings (SSSR count). The second-order valence-electron chi connectivity index (χ2n) is 9.31. The zero-order chi connectivity index (χ0) is 25.8. The molecule has 0 saturated carbocycles. The molecule has 2 saturated heterocycles. The van der Waals surface area contributed by atoms with Crippen molar-refractivity contribution in [3.8, 4) is 0 Å². The second-order valence-corrected chi connectivity index (χ2v) is 11.7. The highest BCUT2D eigenvalue weighted by Crippen LogP contribution is 3.02. The lowest BCUT2D eigenvalue weighted by Gasteiger charge is -2.40. The molecule has 13 heteroatoms. The Morgan fingerprint density at radius 2 is 1.72 bits per heavy atom. The predicted octanol–water partition coefficient (Wildman–Crippen LogP) is 6.67. The summed E-state index contributed by atoms with van der Waals surface area (Å²) in [5.74, 6) is -0.520. The van der Waals surface area contributed by atoms with Gasteiger partial charge in [-0.3, -0.25) is 4.79 Å². The number of hydrogen-bond donors (Lipinski definition) is 1. The highest BCUT2D eigenvalue weighted by Gasteiger charge is 2.65. The van der Waals surface area contributed by atoms with E-state index in [1.807, 2.05) is 0 Å². The van der Waals surface area contributed by atoms with Crippen molar-refractivity contribution in [1.29, 1.82) is 0 Å². The molecule has 2 fully saturated rings. The number of piperidine rings is 1. The summed E-state index contributed by atoms with van der Waals surface area (Å²) in [5.41, 5.74) is 1.23. The highest BCUT2D eigenvalue weighted by atomic mass is 32.5. The van der Waals surface area contributed by atoms with E-state index in [9.17, 15) is 28.6 Å². The number of rotatable bonds is 4. The van der Waals surface area contributed by atoms with E-state index in [4.69, 9.17) is 4.74 Å². The number of carbonyl (C=O) groups is 1. The number of halogens is 6. The van der Waals surface area contributed by atoms with Crippen LogP contribution in [0.25, 0.3) is 11.2 Å². The number of fused-ring (bicyclic) bond motifs is 1. The SMILES string of the molecule is O=C(c1ccc(S(F)(F)(F)(F)F)cc1)N1CCC(c2c(F)cnc3[nH]c(C4CCCOC4)nc23)CC1. The van der Waals surface area contributed by atoms with Crippen LogP contribution in [0, 0.1) is 5.82 Å². The summed E-state index contributed by atoms with van der Waals surface area (Å²) in [4.78, 5) is 24.1. The molecule has 0 spiro atoms. The lowest BCUT2D eigenvalue weighted by atomic mass is 9.88. The first-order chi connectivity index (χ1) is 16.8. The molecule has 2 aromatic heterocycles. The number of pyridine rings is 1. The van der Waals surface area contributed by atoms with Gasteiger partial charge in [-0.2, -0.15) is 0 Å². The van der Waals surface area contributed by atoms with Crippen molar-refractivity contribution in [3.63, 3.8) is 0 Å². The Bertz CT molecular complexity index is 1300. The van der Waals surface area contributed by atoms with Gasteiger partial charge in [-0.05, 0) is 55.9 Å². The topological polar surface area (TPSA) is 71.1 Å². The molecule has 0 radical (unpaired) electrons. The molecular weight excluding hydrogens is 510 g/mol. The van der Waals surface area contributed by atoms with Gasteiger partial charge < -0.3 is 14.6 Å². The quantitative estimate of drug-likeness (QED) is 0.380. The number of aromatic amines is 1. The fourth-order valence-corrected chi connectivity index (χ4v) is 5.56. The van der Waals surface area contributed by atoms with Crippen molar-refractivity contribution < 1.29 is 33.4 Å². The van der Waals surface area contributed by atoms with Gasteiger partial charge in [0.05, 0.1) is 12.8 Å². The first-order valence-electron chi connectivity index (χ1n) is 11.6. The second kappa shape index (κ2) is 8.10. The number of hydrogen-bond acceptors (Lipinski definition) is 4. The summed E-state index contributed by atoms with van der Waals surface area (Å²) in [5, 5.41) is 0. The Morgan fingerprint density at radius 1 is 1.03 bits per heavy atom. The standard InChI is InChI=1S/C23H24F6N4O2S/c24-18-12-30-22-20(31-21(32-22)16-2-1-11-35-13-16)19(18)14-7-9-33(10-8-14)23(34)15-3-5-17(6-4-15)36(25,26,27,28)29/h3-6,12,14,16H,1-2,7-11,13H2,(H,30,31,32). The average Bonchev–Trinajstić information content (AvgIpc) is 3.27. The Kier molecular flexibility index (Phi) is 5.60. The minimum Gasteiger partial charge on any atom is -0.381 e. The van der Waals surface area contributed by atoms with Crippen molar-refractivity contribution >= 4 is 27.3 Å². The van der Waals surface area contributed by atoms with Crippen molar-refractivity contribution in [2.75, 3.05) is 26.3 Å². The van der Waals surface area contributed by atoms with Crippen LogP contribution < -0.4 is 0 Å². The summed E-state index contributed by atoms with van der Waals surface area (Å²) in [6.07, 6.45) is 3.77. The molecule has 196 valence electrons. The van der Waals surface area contributed by atoms with Crippen LogP contribution in [0.4, 0.5) is 23.8 Å². The Hall–Kier alpha value is -2.80. The molecule has 1 amide bonds. The van der Waals surface area contributed by atoms with E-state index in [-0.39, 0.29) is 42.6 Å². The molecule has 0 aliphatic carbocycles. The monoisotopic (exact) mass is 534 g/mol. The van der Waals surface area contributed by atoms with Gasteiger partial charge in [-0.1, -0.05) is 19.4 Å². The van der Waals surface area contributed by atoms with Crippen LogP contribution in [0.15, 0.2) is 35.4 Å². The molecular formula is C23H24F6N4O2S. The lowest BCUT2D eigenvalue weighted by Crippen LogP contribution is -2.38. The van der Waals surface area contributed by atoms with Crippen molar-refractivity contribution in [2.45, 2.75) is 42.4 Å². The average molecular weight is 535 g/mol. The number of H-pyrrole nitrogens is 1. The van der Waals surface area contributed by atoms with Gasteiger partial charge in [-0.25, -0.2) is 14.4 Å². The maximum Gasteiger partial charge on any atom is 0.310 e. The maximum atomic E-state index is 14.9. The summed E-state index contributed by atoms with van der Waals surface area (Å²) in [6, 6.07) is 1.98. The van der Waals surface area contributed by atoms with E-state index >= 15 is 0 Å².